The molecule has 0 radical (unpaired) electrons. The lowest BCUT2D eigenvalue weighted by Gasteiger charge is -2.35. The molecule has 0 bridgehead atoms. The summed E-state index contributed by atoms with van der Waals surface area (Å²) in [6.07, 6.45) is 3.19. The minimum absolute atomic E-state index is 0.000596. The molecule has 2 aliphatic rings. The van der Waals surface area contributed by atoms with E-state index in [1.54, 1.807) is 0 Å². The van der Waals surface area contributed by atoms with E-state index in [1.807, 2.05) is 0 Å². The maximum absolute atomic E-state index is 13.4. The van der Waals surface area contributed by atoms with Gasteiger partial charge < -0.3 is 5.32 Å². The Bertz CT molecular complexity index is 601. The van der Waals surface area contributed by atoms with E-state index in [0.29, 0.717) is 16.5 Å². The predicted molar refractivity (Wildman–Crippen MR) is 74.3 cm³/mol. The lowest BCUT2D eigenvalue weighted by molar-refractivity contribution is 0.279. The fourth-order valence-corrected chi connectivity index (χ4v) is 3.26. The van der Waals surface area contributed by atoms with Crippen LogP contribution in [0.3, 0.4) is 0 Å². The largest absolute Gasteiger partial charge is 0.324 e. The summed E-state index contributed by atoms with van der Waals surface area (Å²) in [5, 5.41) is 3.01. The molecule has 102 valence electrons. The summed E-state index contributed by atoms with van der Waals surface area (Å²) >= 11 is 5.74. The van der Waals surface area contributed by atoms with Gasteiger partial charge >= 0.3 is 0 Å². The van der Waals surface area contributed by atoms with Crippen molar-refractivity contribution in [3.63, 3.8) is 0 Å². The second kappa shape index (κ2) is 4.45. The van der Waals surface area contributed by atoms with E-state index in [2.05, 4.69) is 22.0 Å². The number of aliphatic imine (C=N–C) groups is 1. The topological polar surface area (TPSA) is 53.5 Å². The van der Waals surface area contributed by atoms with Crippen molar-refractivity contribution in [2.45, 2.75) is 36.6 Å². The van der Waals surface area contributed by atoms with Crippen molar-refractivity contribution in [1.29, 1.82) is 0 Å². The first-order valence-corrected chi connectivity index (χ1v) is 7.54. The Morgan fingerprint density at radius 3 is 2.84 bits per heavy atom. The maximum Gasteiger partial charge on any atom is 0.208 e. The summed E-state index contributed by atoms with van der Waals surface area (Å²) in [7, 11) is -1.52. The van der Waals surface area contributed by atoms with E-state index in [1.165, 1.54) is 12.1 Å². The molecular weight excluding hydrogens is 289 g/mol. The van der Waals surface area contributed by atoms with Crippen LogP contribution in [-0.2, 0) is 11.0 Å². The minimum Gasteiger partial charge on any atom is -0.324 e. The smallest absolute Gasteiger partial charge is 0.208 e. The molecule has 1 aromatic carbocycles. The van der Waals surface area contributed by atoms with Crippen LogP contribution in [0.15, 0.2) is 22.0 Å². The Balaban J connectivity index is 1.95. The Labute approximate surface area is 118 Å². The number of fused-ring (bicyclic) bond motifs is 1. The van der Waals surface area contributed by atoms with Crippen molar-refractivity contribution in [2.24, 2.45) is 4.99 Å². The lowest BCUT2D eigenvalue weighted by Crippen LogP contribution is -2.42. The zero-order valence-electron chi connectivity index (χ0n) is 10.3. The molecule has 19 heavy (non-hydrogen) atoms. The van der Waals surface area contributed by atoms with E-state index in [4.69, 9.17) is 11.6 Å². The molecule has 2 N–H and O–H groups in total. The Morgan fingerprint density at radius 2 is 2.21 bits per heavy atom. The van der Waals surface area contributed by atoms with E-state index in [-0.39, 0.29) is 10.6 Å². The molecule has 0 saturated heterocycles. The van der Waals surface area contributed by atoms with Gasteiger partial charge in [-0.15, -0.1) is 0 Å². The van der Waals surface area contributed by atoms with Gasteiger partial charge in [-0.1, -0.05) is 11.6 Å². The normalized spacial score (nSPS) is 26.1. The summed E-state index contributed by atoms with van der Waals surface area (Å²) < 4.78 is 28.1. The highest BCUT2D eigenvalue weighted by molar-refractivity contribution is 7.84. The van der Waals surface area contributed by atoms with Gasteiger partial charge in [-0.3, -0.25) is 4.72 Å². The molecule has 7 heteroatoms. The van der Waals surface area contributed by atoms with E-state index in [0.717, 1.165) is 19.3 Å². The number of hydrogen-bond donors (Lipinski definition) is 2. The highest BCUT2D eigenvalue weighted by Crippen LogP contribution is 2.36. The number of nitrogens with zero attached hydrogens (tertiary/aromatic N) is 1. The Kier molecular flexibility index (Phi) is 3.02. The monoisotopic (exact) mass is 301 g/mol. The van der Waals surface area contributed by atoms with E-state index in [9.17, 15) is 8.60 Å². The third kappa shape index (κ3) is 2.34. The lowest BCUT2D eigenvalue weighted by atomic mass is 9.79. The second-order valence-corrected chi connectivity index (χ2v) is 6.66. The van der Waals surface area contributed by atoms with Gasteiger partial charge in [-0.2, -0.15) is 0 Å². The molecule has 1 aromatic rings. The number of benzene rings is 1. The van der Waals surface area contributed by atoms with Gasteiger partial charge in [0.15, 0.2) is 11.0 Å². The fraction of sp³-hybridized carbons (Fsp3) is 0.417. The predicted octanol–water partition coefficient (Wildman–Crippen LogP) is 2.82. The van der Waals surface area contributed by atoms with Gasteiger partial charge in [-0.25, -0.2) is 13.6 Å². The molecule has 1 heterocycles. The summed E-state index contributed by atoms with van der Waals surface area (Å²) in [6.45, 7) is 2.06. The van der Waals surface area contributed by atoms with Crippen molar-refractivity contribution in [3.8, 4) is 0 Å². The van der Waals surface area contributed by atoms with Crippen LogP contribution in [0, 0.1) is 5.82 Å². The van der Waals surface area contributed by atoms with Crippen LogP contribution in [0.25, 0.3) is 0 Å². The van der Waals surface area contributed by atoms with Crippen LogP contribution in [0.5, 0.6) is 0 Å². The van der Waals surface area contributed by atoms with Gasteiger partial charge in [0.2, 0.25) is 5.96 Å². The Morgan fingerprint density at radius 1 is 1.47 bits per heavy atom. The zero-order valence-corrected chi connectivity index (χ0v) is 11.9. The molecule has 1 unspecified atom stereocenters. The molecular formula is C12H13ClFN3OS. The molecule has 3 rings (SSSR count). The van der Waals surface area contributed by atoms with Gasteiger partial charge in [0.25, 0.3) is 0 Å². The number of nitrogens with one attached hydrogen (secondary N) is 2. The van der Waals surface area contributed by atoms with Gasteiger partial charge in [0.05, 0.1) is 21.1 Å². The molecule has 1 aliphatic carbocycles. The average molecular weight is 302 g/mol. The van der Waals surface area contributed by atoms with Crippen LogP contribution < -0.4 is 10.0 Å². The quantitative estimate of drug-likeness (QED) is 0.838. The molecule has 1 aliphatic heterocycles. The van der Waals surface area contributed by atoms with Crippen LogP contribution in [0.1, 0.15) is 26.2 Å². The molecule has 1 atom stereocenters. The van der Waals surface area contributed by atoms with Gasteiger partial charge in [-0.05, 0) is 38.3 Å². The zero-order chi connectivity index (χ0) is 13.6. The molecule has 1 saturated carbocycles. The fourth-order valence-electron chi connectivity index (χ4n) is 2.20. The standard InChI is InChI=1S/C12H13ClFN3OS/c1-12(3-2-4-12)16-11-15-9-5-7(13)8(14)6-10(9)19(18)17-11/h5-6H,2-4H2,1H3,(H2,15,16,17). The first-order valence-electron chi connectivity index (χ1n) is 6.01. The third-order valence-electron chi connectivity index (χ3n) is 3.48. The molecule has 0 amide bonds. The highest BCUT2D eigenvalue weighted by atomic mass is 35.5. The van der Waals surface area contributed by atoms with Crippen molar-refractivity contribution in [2.75, 3.05) is 5.32 Å². The number of guanidine groups is 1. The number of hydrogen-bond acceptors (Lipinski definition) is 2. The van der Waals surface area contributed by atoms with Crippen molar-refractivity contribution in [1.82, 2.24) is 4.72 Å². The third-order valence-corrected chi connectivity index (χ3v) is 4.88. The maximum atomic E-state index is 13.4. The van der Waals surface area contributed by atoms with Crippen molar-refractivity contribution < 1.29 is 8.60 Å². The Hall–Kier alpha value is -1.14. The summed E-state index contributed by atoms with van der Waals surface area (Å²) in [5.41, 5.74) is 0.436. The first kappa shape index (κ1) is 12.9. The number of halogens is 2. The second-order valence-electron chi connectivity index (χ2n) is 5.07. The minimum atomic E-state index is -1.52. The molecule has 0 aromatic heterocycles. The highest BCUT2D eigenvalue weighted by Gasteiger charge is 2.33. The van der Waals surface area contributed by atoms with Gasteiger partial charge in [0.1, 0.15) is 5.82 Å². The number of anilines is 1. The van der Waals surface area contributed by atoms with Crippen LogP contribution in [-0.4, -0.2) is 15.7 Å². The van der Waals surface area contributed by atoms with Crippen molar-refractivity contribution in [3.05, 3.63) is 23.0 Å². The SMILES string of the molecule is CC1(N=C2Nc3cc(Cl)c(F)cc3S(=O)N2)CCC1. The van der Waals surface area contributed by atoms with Crippen LogP contribution >= 0.6 is 11.6 Å². The summed E-state index contributed by atoms with van der Waals surface area (Å²) in [6, 6.07) is 2.61. The van der Waals surface area contributed by atoms with Crippen LogP contribution in [0.4, 0.5) is 10.1 Å². The van der Waals surface area contributed by atoms with Crippen LogP contribution in [0.2, 0.25) is 5.02 Å². The molecule has 0 spiro atoms. The number of rotatable bonds is 1. The molecule has 1 fully saturated rings. The van der Waals surface area contributed by atoms with E-state index >= 15 is 0 Å². The molecule has 4 nitrogen and oxygen atoms in total. The van der Waals surface area contributed by atoms with Crippen molar-refractivity contribution >= 4 is 34.2 Å². The van der Waals surface area contributed by atoms with Gasteiger partial charge in [0, 0.05) is 0 Å². The van der Waals surface area contributed by atoms with E-state index < -0.39 is 16.8 Å². The average Bonchev–Trinajstić information content (AvgIpc) is 2.30. The summed E-state index contributed by atoms with van der Waals surface area (Å²) in [4.78, 5) is 4.89. The first-order chi connectivity index (χ1) is 8.97. The summed E-state index contributed by atoms with van der Waals surface area (Å²) in [5.74, 6) is -0.126.